The zero-order valence-electron chi connectivity index (χ0n) is 6.66. The van der Waals surface area contributed by atoms with E-state index in [0.717, 1.165) is 12.1 Å². The number of carbonyl (C=O) groups excluding carboxylic acids is 3. The first-order valence-corrected chi connectivity index (χ1v) is 3.24. The number of amides is 2. The summed E-state index contributed by atoms with van der Waals surface area (Å²) in [6, 6.07) is 0. The summed E-state index contributed by atoms with van der Waals surface area (Å²) in [5.74, 6) is -3.40. The maximum Gasteiger partial charge on any atom is 0.328 e. The van der Waals surface area contributed by atoms with Gasteiger partial charge in [0.25, 0.3) is 11.8 Å². The van der Waals surface area contributed by atoms with Crippen molar-refractivity contribution in [3.63, 3.8) is 0 Å². The van der Waals surface area contributed by atoms with Crippen molar-refractivity contribution in [3.05, 3.63) is 0 Å². The van der Waals surface area contributed by atoms with Crippen molar-refractivity contribution in [1.82, 2.24) is 10.4 Å². The Bertz CT molecular complexity index is 242. The van der Waals surface area contributed by atoms with Crippen LogP contribution in [0.4, 0.5) is 0 Å². The predicted octanol–water partition coefficient (Wildman–Crippen LogP) is -1.72. The normalized spacial score (nSPS) is 22.5. The molecule has 1 N–H and O–H groups in total. The van der Waals surface area contributed by atoms with Crippen LogP contribution in [0.5, 0.6) is 0 Å². The van der Waals surface area contributed by atoms with Gasteiger partial charge in [-0.15, -0.1) is 0 Å². The molecule has 0 aromatic carbocycles. The van der Waals surface area contributed by atoms with Crippen LogP contribution in [0.25, 0.3) is 0 Å². The third kappa shape index (κ3) is 1.11. The van der Waals surface area contributed by atoms with Crippen LogP contribution in [0.1, 0.15) is 0 Å². The molecule has 0 aromatic heterocycles. The lowest BCUT2D eigenvalue weighted by Gasteiger charge is -2.05. The minimum absolute atomic E-state index is 0.591. The summed E-state index contributed by atoms with van der Waals surface area (Å²) in [7, 11) is 2.49. The average molecular weight is 172 g/mol. The molecule has 1 saturated heterocycles. The molecular formula is C6H8N2O4. The van der Waals surface area contributed by atoms with Crippen LogP contribution in [0, 0.1) is 5.92 Å². The maximum absolute atomic E-state index is 11.1. The molecule has 6 heteroatoms. The number of rotatable bonds is 1. The summed E-state index contributed by atoms with van der Waals surface area (Å²) in [6.07, 6.45) is 0. The lowest BCUT2D eigenvalue weighted by atomic mass is 10.1. The van der Waals surface area contributed by atoms with Crippen molar-refractivity contribution < 1.29 is 19.1 Å². The highest BCUT2D eigenvalue weighted by Gasteiger charge is 2.43. The lowest BCUT2D eigenvalue weighted by molar-refractivity contribution is -0.151. The van der Waals surface area contributed by atoms with E-state index in [1.54, 1.807) is 0 Å². The van der Waals surface area contributed by atoms with Gasteiger partial charge in [0, 0.05) is 7.05 Å². The molecule has 0 aromatic rings. The third-order valence-electron chi connectivity index (χ3n) is 1.55. The molecule has 66 valence electrons. The number of nitrogens with one attached hydrogen (secondary N) is 1. The Balaban J connectivity index is 2.84. The first kappa shape index (κ1) is 8.51. The van der Waals surface area contributed by atoms with Crippen LogP contribution < -0.4 is 5.43 Å². The van der Waals surface area contributed by atoms with Crippen molar-refractivity contribution in [2.24, 2.45) is 5.92 Å². The highest BCUT2D eigenvalue weighted by atomic mass is 16.5. The first-order chi connectivity index (χ1) is 5.57. The number of methoxy groups -OCH3 is 1. The van der Waals surface area contributed by atoms with E-state index in [0.29, 0.717) is 0 Å². The predicted molar refractivity (Wildman–Crippen MR) is 36.4 cm³/mol. The van der Waals surface area contributed by atoms with Gasteiger partial charge in [-0.1, -0.05) is 0 Å². The number of hydrazine groups is 1. The fourth-order valence-corrected chi connectivity index (χ4v) is 0.916. The molecule has 2 amide bonds. The van der Waals surface area contributed by atoms with Gasteiger partial charge in [0.1, 0.15) is 0 Å². The van der Waals surface area contributed by atoms with E-state index < -0.39 is 23.7 Å². The highest BCUT2D eigenvalue weighted by molar-refractivity contribution is 6.19. The van der Waals surface area contributed by atoms with Crippen LogP contribution >= 0.6 is 0 Å². The van der Waals surface area contributed by atoms with Gasteiger partial charge in [0.2, 0.25) is 5.92 Å². The largest absolute Gasteiger partial charge is 0.468 e. The van der Waals surface area contributed by atoms with E-state index in [1.165, 1.54) is 7.05 Å². The molecule has 1 aliphatic heterocycles. The Morgan fingerprint density at radius 3 is 2.50 bits per heavy atom. The molecule has 0 saturated carbocycles. The summed E-state index contributed by atoms with van der Waals surface area (Å²) in [6.45, 7) is 0. The minimum atomic E-state index is -1.33. The number of ether oxygens (including phenoxy) is 1. The smallest absolute Gasteiger partial charge is 0.328 e. The molecule has 0 bridgehead atoms. The molecule has 1 heterocycles. The first-order valence-electron chi connectivity index (χ1n) is 3.24. The second-order valence-electron chi connectivity index (χ2n) is 2.33. The van der Waals surface area contributed by atoms with Crippen molar-refractivity contribution in [2.45, 2.75) is 0 Å². The van der Waals surface area contributed by atoms with E-state index in [-0.39, 0.29) is 0 Å². The Morgan fingerprint density at radius 2 is 2.17 bits per heavy atom. The molecule has 0 radical (unpaired) electrons. The quantitative estimate of drug-likeness (QED) is 0.377. The topological polar surface area (TPSA) is 75.7 Å². The monoisotopic (exact) mass is 172 g/mol. The van der Waals surface area contributed by atoms with E-state index in [1.807, 2.05) is 0 Å². The van der Waals surface area contributed by atoms with Crippen LogP contribution in [0.15, 0.2) is 0 Å². The van der Waals surface area contributed by atoms with Crippen molar-refractivity contribution in [1.29, 1.82) is 0 Å². The number of hydrogen-bond donors (Lipinski definition) is 1. The number of hydrogen-bond acceptors (Lipinski definition) is 4. The summed E-state index contributed by atoms with van der Waals surface area (Å²) in [5.41, 5.74) is 2.18. The van der Waals surface area contributed by atoms with Crippen LogP contribution in [0.3, 0.4) is 0 Å². The fourth-order valence-electron chi connectivity index (χ4n) is 0.916. The fraction of sp³-hybridized carbons (Fsp3) is 0.500. The number of nitrogens with zero attached hydrogens (tertiary/aromatic N) is 1. The molecule has 1 unspecified atom stereocenters. The minimum Gasteiger partial charge on any atom is -0.468 e. The van der Waals surface area contributed by atoms with Gasteiger partial charge in [0.05, 0.1) is 7.11 Å². The molecule has 1 atom stereocenters. The van der Waals surface area contributed by atoms with Gasteiger partial charge in [-0.3, -0.25) is 24.8 Å². The summed E-state index contributed by atoms with van der Waals surface area (Å²) in [4.78, 5) is 32.8. The van der Waals surface area contributed by atoms with E-state index in [9.17, 15) is 14.4 Å². The maximum atomic E-state index is 11.1. The van der Waals surface area contributed by atoms with Gasteiger partial charge >= 0.3 is 5.97 Å². The number of carbonyl (C=O) groups is 3. The molecule has 6 nitrogen and oxygen atoms in total. The van der Waals surface area contributed by atoms with Crippen LogP contribution in [0.2, 0.25) is 0 Å². The Hall–Kier alpha value is -1.59. The zero-order valence-corrected chi connectivity index (χ0v) is 6.66. The van der Waals surface area contributed by atoms with E-state index >= 15 is 0 Å². The lowest BCUT2D eigenvalue weighted by Crippen LogP contribution is -2.31. The zero-order chi connectivity index (χ0) is 9.30. The van der Waals surface area contributed by atoms with Gasteiger partial charge < -0.3 is 4.74 Å². The average Bonchev–Trinajstić information content (AvgIpc) is 2.26. The highest BCUT2D eigenvalue weighted by Crippen LogP contribution is 2.09. The second-order valence-corrected chi connectivity index (χ2v) is 2.33. The number of esters is 1. The molecular weight excluding hydrogens is 164 g/mol. The standard InChI is InChI=1S/C6H8N2O4/c1-8-5(10)3(4(9)7-8)6(11)12-2/h3H,1-2H3,(H,7,9). The Morgan fingerprint density at radius 1 is 1.58 bits per heavy atom. The van der Waals surface area contributed by atoms with Crippen molar-refractivity contribution in [3.8, 4) is 0 Å². The molecule has 0 aliphatic carbocycles. The summed E-state index contributed by atoms with van der Waals surface area (Å²) < 4.78 is 4.28. The molecule has 1 rings (SSSR count). The van der Waals surface area contributed by atoms with Crippen LogP contribution in [-0.2, 0) is 19.1 Å². The Kier molecular flexibility index (Phi) is 1.99. The molecule has 12 heavy (non-hydrogen) atoms. The van der Waals surface area contributed by atoms with Crippen LogP contribution in [-0.4, -0.2) is 37.0 Å². The Labute approximate surface area is 68.4 Å². The van der Waals surface area contributed by atoms with Gasteiger partial charge in [0.15, 0.2) is 0 Å². The summed E-state index contributed by atoms with van der Waals surface area (Å²) in [5, 5.41) is 0.962. The van der Waals surface area contributed by atoms with E-state index in [4.69, 9.17) is 0 Å². The van der Waals surface area contributed by atoms with E-state index in [2.05, 4.69) is 10.2 Å². The van der Waals surface area contributed by atoms with Gasteiger partial charge in [-0.25, -0.2) is 0 Å². The van der Waals surface area contributed by atoms with Gasteiger partial charge in [-0.05, 0) is 0 Å². The third-order valence-corrected chi connectivity index (χ3v) is 1.55. The molecule has 1 fully saturated rings. The molecule has 1 aliphatic rings. The summed E-state index contributed by atoms with van der Waals surface area (Å²) >= 11 is 0. The van der Waals surface area contributed by atoms with Crippen molar-refractivity contribution in [2.75, 3.05) is 14.2 Å². The second kappa shape index (κ2) is 2.80. The SMILES string of the molecule is COC(=O)C1C(=O)NN(C)C1=O. The molecule has 0 spiro atoms. The van der Waals surface area contributed by atoms with Crippen molar-refractivity contribution >= 4 is 17.8 Å². The van der Waals surface area contributed by atoms with Gasteiger partial charge in [-0.2, -0.15) is 0 Å².